The number of hydrogen-bond donors (Lipinski definition) is 0. The number of carbonyl (C=O) groups is 1. The number of nitrogens with zero attached hydrogens (tertiary/aromatic N) is 3. The van der Waals surface area contributed by atoms with E-state index in [1.807, 2.05) is 18.2 Å². The van der Waals surface area contributed by atoms with Gasteiger partial charge in [-0.25, -0.2) is 18.2 Å². The van der Waals surface area contributed by atoms with Gasteiger partial charge >= 0.3 is 11.7 Å². The largest absolute Gasteiger partial charge is 0.480 e. The first-order valence-corrected chi connectivity index (χ1v) is 12.1. The Morgan fingerprint density at radius 3 is 2.56 bits per heavy atom. The molecule has 34 heavy (non-hydrogen) atoms. The van der Waals surface area contributed by atoms with E-state index in [0.29, 0.717) is 24.2 Å². The highest BCUT2D eigenvalue weighted by Gasteiger charge is 2.30. The zero-order valence-corrected chi connectivity index (χ0v) is 19.5. The van der Waals surface area contributed by atoms with Gasteiger partial charge in [-0.3, -0.25) is 10.1 Å². The van der Waals surface area contributed by atoms with Crippen molar-refractivity contribution in [2.24, 2.45) is 0 Å². The molecule has 0 spiro atoms. The number of aryl methyl sites for hydroxylation is 1. The van der Waals surface area contributed by atoms with Crippen LogP contribution in [0.15, 0.2) is 47.4 Å². The molecule has 0 bridgehead atoms. The molecule has 1 saturated heterocycles. The molecular formula is C23H23N3O7S. The van der Waals surface area contributed by atoms with E-state index in [0.717, 1.165) is 24.3 Å². The predicted octanol–water partition coefficient (Wildman–Crippen LogP) is 3.60. The molecule has 0 unspecified atom stereocenters. The summed E-state index contributed by atoms with van der Waals surface area (Å²) < 4.78 is 37.6. The second-order valence-electron chi connectivity index (χ2n) is 7.85. The molecule has 0 atom stereocenters. The van der Waals surface area contributed by atoms with Crippen molar-refractivity contribution >= 4 is 32.6 Å². The third-order valence-electron chi connectivity index (χ3n) is 5.81. The first kappa shape index (κ1) is 23.6. The molecular weight excluding hydrogens is 462 g/mol. The van der Waals surface area contributed by atoms with Gasteiger partial charge in [-0.15, -0.1) is 0 Å². The van der Waals surface area contributed by atoms with Gasteiger partial charge in [0.25, 0.3) is 0 Å². The van der Waals surface area contributed by atoms with Gasteiger partial charge in [0, 0.05) is 24.5 Å². The van der Waals surface area contributed by atoms with Crippen molar-refractivity contribution in [3.05, 3.63) is 69.4 Å². The van der Waals surface area contributed by atoms with Crippen molar-refractivity contribution in [3.63, 3.8) is 0 Å². The van der Waals surface area contributed by atoms with E-state index >= 15 is 0 Å². The van der Waals surface area contributed by atoms with E-state index in [4.69, 9.17) is 9.47 Å². The molecule has 1 aliphatic rings. The Balaban J connectivity index is 1.70. The van der Waals surface area contributed by atoms with Crippen molar-refractivity contribution in [2.75, 3.05) is 20.2 Å². The van der Waals surface area contributed by atoms with E-state index in [1.54, 1.807) is 13.0 Å². The van der Waals surface area contributed by atoms with Gasteiger partial charge in [0.1, 0.15) is 6.61 Å². The average molecular weight is 486 g/mol. The number of benzene rings is 2. The number of ether oxygens (including phenoxy) is 2. The number of pyridine rings is 1. The van der Waals surface area contributed by atoms with Crippen LogP contribution in [-0.4, -0.2) is 48.8 Å². The first-order chi connectivity index (χ1) is 16.2. The van der Waals surface area contributed by atoms with Crippen LogP contribution in [0.2, 0.25) is 0 Å². The van der Waals surface area contributed by atoms with Gasteiger partial charge in [0.15, 0.2) is 5.75 Å². The number of nitro groups is 1. The number of nitro benzene ring substituents is 1. The second-order valence-corrected chi connectivity index (χ2v) is 9.79. The molecule has 1 fully saturated rings. The molecule has 10 nitrogen and oxygen atoms in total. The van der Waals surface area contributed by atoms with E-state index < -0.39 is 26.6 Å². The lowest BCUT2D eigenvalue weighted by atomic mass is 10.0. The Hall–Kier alpha value is -3.57. The summed E-state index contributed by atoms with van der Waals surface area (Å²) in [6.45, 7) is 2.28. The van der Waals surface area contributed by atoms with Gasteiger partial charge in [-0.05, 0) is 43.5 Å². The lowest BCUT2D eigenvalue weighted by molar-refractivity contribution is -0.386. The molecule has 178 valence electrons. The number of aromatic nitrogens is 1. The van der Waals surface area contributed by atoms with E-state index in [1.165, 1.54) is 23.5 Å². The molecule has 11 heteroatoms. The third kappa shape index (κ3) is 4.31. The Labute approximate surface area is 196 Å². The Kier molecular flexibility index (Phi) is 6.49. The standard InChI is InChI=1S/C23H23N3O7S/c1-15-17-7-3-4-8-18(17)24-19(22(15)23(27)32-2)14-33-21-10-9-16(13-20(21)26(28)29)34(30,31)25-11-5-6-12-25/h3-4,7-10,13H,5-6,11-12,14H2,1-2H3. The maximum atomic E-state index is 12.8. The SMILES string of the molecule is COC(=O)c1c(COc2ccc(S(=O)(=O)N3CCCC3)cc2[N+](=O)[O-])nc2ccccc2c1C. The summed E-state index contributed by atoms with van der Waals surface area (Å²) >= 11 is 0. The summed E-state index contributed by atoms with van der Waals surface area (Å²) in [7, 11) is -2.57. The van der Waals surface area contributed by atoms with E-state index in [-0.39, 0.29) is 28.5 Å². The lowest BCUT2D eigenvalue weighted by Gasteiger charge is -2.16. The Morgan fingerprint density at radius 2 is 1.88 bits per heavy atom. The van der Waals surface area contributed by atoms with E-state index in [2.05, 4.69) is 4.98 Å². The quantitative estimate of drug-likeness (QED) is 0.282. The monoisotopic (exact) mass is 485 g/mol. The number of carbonyl (C=O) groups excluding carboxylic acids is 1. The minimum atomic E-state index is -3.83. The Bertz CT molecular complexity index is 1380. The number of sulfonamides is 1. The number of esters is 1. The average Bonchev–Trinajstić information content (AvgIpc) is 3.38. The van der Waals surface area contributed by atoms with Crippen LogP contribution in [0.25, 0.3) is 10.9 Å². The van der Waals surface area contributed by atoms with Gasteiger partial charge in [-0.1, -0.05) is 18.2 Å². The van der Waals surface area contributed by atoms with Gasteiger partial charge < -0.3 is 9.47 Å². The minimum Gasteiger partial charge on any atom is -0.480 e. The second kappa shape index (κ2) is 9.35. The molecule has 0 saturated carbocycles. The lowest BCUT2D eigenvalue weighted by Crippen LogP contribution is -2.27. The van der Waals surface area contributed by atoms with Crippen LogP contribution >= 0.6 is 0 Å². The first-order valence-electron chi connectivity index (χ1n) is 10.6. The van der Waals surface area contributed by atoms with Crippen molar-refractivity contribution in [1.29, 1.82) is 0 Å². The van der Waals surface area contributed by atoms with Crippen LogP contribution in [0.3, 0.4) is 0 Å². The summed E-state index contributed by atoms with van der Waals surface area (Å²) in [5.74, 6) is -0.732. The summed E-state index contributed by atoms with van der Waals surface area (Å²) in [4.78, 5) is 27.8. The smallest absolute Gasteiger partial charge is 0.340 e. The number of para-hydroxylation sites is 1. The fourth-order valence-electron chi connectivity index (χ4n) is 4.06. The molecule has 0 radical (unpaired) electrons. The summed E-state index contributed by atoms with van der Waals surface area (Å²) in [6.07, 6.45) is 1.51. The van der Waals surface area contributed by atoms with Gasteiger partial charge in [0.05, 0.1) is 33.7 Å². The summed E-state index contributed by atoms with van der Waals surface area (Å²) in [5, 5.41) is 12.5. The highest BCUT2D eigenvalue weighted by atomic mass is 32.2. The fraction of sp³-hybridized carbons (Fsp3) is 0.304. The normalized spacial score (nSPS) is 14.3. The molecule has 2 heterocycles. The summed E-state index contributed by atoms with van der Waals surface area (Å²) in [6, 6.07) is 10.8. The molecule has 2 aromatic carbocycles. The zero-order chi connectivity index (χ0) is 24.5. The van der Waals surface area contributed by atoms with Crippen LogP contribution in [0.1, 0.15) is 34.5 Å². The van der Waals surface area contributed by atoms with Crippen molar-refractivity contribution in [3.8, 4) is 5.75 Å². The molecule has 1 aliphatic heterocycles. The van der Waals surface area contributed by atoms with Gasteiger partial charge in [0.2, 0.25) is 10.0 Å². The van der Waals surface area contributed by atoms with E-state index in [9.17, 15) is 23.3 Å². The minimum absolute atomic E-state index is 0.131. The molecule has 0 amide bonds. The zero-order valence-electron chi connectivity index (χ0n) is 18.7. The molecule has 0 N–H and O–H groups in total. The van der Waals surface area contributed by atoms with Gasteiger partial charge in [-0.2, -0.15) is 4.31 Å². The number of hydrogen-bond acceptors (Lipinski definition) is 8. The van der Waals surface area contributed by atoms with Crippen molar-refractivity contribution < 1.29 is 27.6 Å². The highest BCUT2D eigenvalue weighted by molar-refractivity contribution is 7.89. The summed E-state index contributed by atoms with van der Waals surface area (Å²) in [5.41, 5.74) is 1.27. The van der Waals surface area contributed by atoms with Crippen LogP contribution in [0, 0.1) is 17.0 Å². The number of methoxy groups -OCH3 is 1. The fourth-order valence-corrected chi connectivity index (χ4v) is 5.60. The van der Waals surface area contributed by atoms with Crippen molar-refractivity contribution in [2.45, 2.75) is 31.3 Å². The van der Waals surface area contributed by atoms with Crippen LogP contribution < -0.4 is 4.74 Å². The maximum absolute atomic E-state index is 12.8. The highest BCUT2D eigenvalue weighted by Crippen LogP contribution is 2.33. The molecule has 4 rings (SSSR count). The molecule has 0 aliphatic carbocycles. The Morgan fingerprint density at radius 1 is 1.18 bits per heavy atom. The topological polar surface area (TPSA) is 129 Å². The maximum Gasteiger partial charge on any atom is 0.340 e. The predicted molar refractivity (Wildman–Crippen MR) is 123 cm³/mol. The van der Waals surface area contributed by atoms with Crippen LogP contribution in [0.4, 0.5) is 5.69 Å². The van der Waals surface area contributed by atoms with Crippen LogP contribution in [0.5, 0.6) is 5.75 Å². The van der Waals surface area contributed by atoms with Crippen LogP contribution in [-0.2, 0) is 21.4 Å². The molecule has 1 aromatic heterocycles. The van der Waals surface area contributed by atoms with Crippen molar-refractivity contribution in [1.82, 2.24) is 9.29 Å². The number of rotatable bonds is 7. The number of fused-ring (bicyclic) bond motifs is 1. The third-order valence-corrected chi connectivity index (χ3v) is 7.71. The molecule has 3 aromatic rings.